The molecule has 0 heterocycles. The molecule has 15 heavy (non-hydrogen) atoms. The SMILES string of the molecule is O=CN[C@H](CC(=O)O)c1ccc(Br)cc1. The fourth-order valence-electron chi connectivity index (χ4n) is 1.22. The molecular weight excluding hydrogens is 262 g/mol. The molecule has 0 saturated carbocycles. The van der Waals surface area contributed by atoms with E-state index < -0.39 is 12.0 Å². The normalized spacial score (nSPS) is 11.8. The van der Waals surface area contributed by atoms with Crippen LogP contribution in [0.4, 0.5) is 0 Å². The molecule has 0 radical (unpaired) electrons. The monoisotopic (exact) mass is 271 g/mol. The lowest BCUT2D eigenvalue weighted by Gasteiger charge is -2.13. The number of halogens is 1. The van der Waals surface area contributed by atoms with E-state index in [0.29, 0.717) is 6.41 Å². The van der Waals surface area contributed by atoms with E-state index in [4.69, 9.17) is 5.11 Å². The highest BCUT2D eigenvalue weighted by Gasteiger charge is 2.13. The van der Waals surface area contributed by atoms with Gasteiger partial charge in [0.25, 0.3) is 0 Å². The summed E-state index contributed by atoms with van der Waals surface area (Å²) >= 11 is 3.28. The lowest BCUT2D eigenvalue weighted by Crippen LogP contribution is -2.22. The second-order valence-electron chi connectivity index (χ2n) is 2.99. The maximum absolute atomic E-state index is 10.6. The number of carbonyl (C=O) groups is 2. The van der Waals surface area contributed by atoms with Gasteiger partial charge in [0.05, 0.1) is 12.5 Å². The Hall–Kier alpha value is -1.36. The molecule has 0 bridgehead atoms. The molecule has 0 saturated heterocycles. The summed E-state index contributed by atoms with van der Waals surface area (Å²) in [6.07, 6.45) is 0.385. The molecule has 5 heteroatoms. The Kier molecular flexibility index (Phi) is 4.30. The van der Waals surface area contributed by atoms with E-state index in [-0.39, 0.29) is 6.42 Å². The van der Waals surface area contributed by atoms with Crippen LogP contribution in [0.3, 0.4) is 0 Å². The van der Waals surface area contributed by atoms with Crippen molar-refractivity contribution >= 4 is 28.3 Å². The molecule has 4 nitrogen and oxygen atoms in total. The van der Waals surface area contributed by atoms with Gasteiger partial charge in [0.15, 0.2) is 0 Å². The highest BCUT2D eigenvalue weighted by Crippen LogP contribution is 2.19. The topological polar surface area (TPSA) is 66.4 Å². The summed E-state index contributed by atoms with van der Waals surface area (Å²) in [5.74, 6) is -0.947. The van der Waals surface area contributed by atoms with Crippen molar-refractivity contribution in [2.75, 3.05) is 0 Å². The quantitative estimate of drug-likeness (QED) is 0.802. The van der Waals surface area contributed by atoms with Gasteiger partial charge in [0.2, 0.25) is 6.41 Å². The van der Waals surface area contributed by atoms with Crippen LogP contribution in [0.5, 0.6) is 0 Å². The number of hydrogen-bond donors (Lipinski definition) is 2. The van der Waals surface area contributed by atoms with Crippen LogP contribution in [-0.4, -0.2) is 17.5 Å². The Bertz CT molecular complexity index is 350. The molecule has 1 rings (SSSR count). The first kappa shape index (κ1) is 11.7. The van der Waals surface area contributed by atoms with Gasteiger partial charge in [0.1, 0.15) is 0 Å². The summed E-state index contributed by atoms with van der Waals surface area (Å²) in [5, 5.41) is 11.1. The van der Waals surface area contributed by atoms with Gasteiger partial charge in [-0.1, -0.05) is 28.1 Å². The zero-order valence-electron chi connectivity index (χ0n) is 7.81. The zero-order chi connectivity index (χ0) is 11.3. The molecule has 80 valence electrons. The second-order valence-corrected chi connectivity index (χ2v) is 3.90. The lowest BCUT2D eigenvalue weighted by atomic mass is 10.0. The van der Waals surface area contributed by atoms with Crippen LogP contribution in [-0.2, 0) is 9.59 Å². The summed E-state index contributed by atoms with van der Waals surface area (Å²) in [7, 11) is 0. The number of benzene rings is 1. The minimum atomic E-state index is -0.947. The molecule has 0 spiro atoms. The first-order chi connectivity index (χ1) is 7.13. The van der Waals surface area contributed by atoms with Gasteiger partial charge in [0, 0.05) is 4.47 Å². The molecule has 1 aromatic carbocycles. The van der Waals surface area contributed by atoms with E-state index in [9.17, 15) is 9.59 Å². The van der Waals surface area contributed by atoms with Crippen molar-refractivity contribution in [3.05, 3.63) is 34.3 Å². The molecule has 2 N–H and O–H groups in total. The van der Waals surface area contributed by atoms with Gasteiger partial charge in [-0.05, 0) is 17.7 Å². The van der Waals surface area contributed by atoms with Crippen molar-refractivity contribution in [1.29, 1.82) is 0 Å². The van der Waals surface area contributed by atoms with Crippen molar-refractivity contribution in [2.45, 2.75) is 12.5 Å². The van der Waals surface area contributed by atoms with Gasteiger partial charge in [-0.3, -0.25) is 9.59 Å². The number of aliphatic carboxylic acids is 1. The number of carboxylic acids is 1. The average Bonchev–Trinajstić information content (AvgIpc) is 2.17. The van der Waals surface area contributed by atoms with Crippen molar-refractivity contribution < 1.29 is 14.7 Å². The second kappa shape index (κ2) is 5.50. The van der Waals surface area contributed by atoms with Crippen LogP contribution >= 0.6 is 15.9 Å². The van der Waals surface area contributed by atoms with E-state index in [1.165, 1.54) is 0 Å². The minimum absolute atomic E-state index is 0.125. The van der Waals surface area contributed by atoms with E-state index in [0.717, 1.165) is 10.0 Å². The maximum Gasteiger partial charge on any atom is 0.305 e. The summed E-state index contributed by atoms with van der Waals surface area (Å²) in [6.45, 7) is 0. The number of hydrogen-bond acceptors (Lipinski definition) is 2. The van der Waals surface area contributed by atoms with E-state index in [2.05, 4.69) is 21.2 Å². The van der Waals surface area contributed by atoms with Crippen LogP contribution in [0.15, 0.2) is 28.7 Å². The molecule has 0 aliphatic carbocycles. The molecule has 0 aliphatic heterocycles. The average molecular weight is 272 g/mol. The van der Waals surface area contributed by atoms with Gasteiger partial charge >= 0.3 is 5.97 Å². The Balaban J connectivity index is 2.83. The number of carbonyl (C=O) groups excluding carboxylic acids is 1. The third-order valence-electron chi connectivity index (χ3n) is 1.92. The van der Waals surface area contributed by atoms with Crippen molar-refractivity contribution in [2.24, 2.45) is 0 Å². The smallest absolute Gasteiger partial charge is 0.305 e. The van der Waals surface area contributed by atoms with E-state index in [1.54, 1.807) is 24.3 Å². The molecule has 1 atom stereocenters. The fourth-order valence-corrected chi connectivity index (χ4v) is 1.49. The van der Waals surface area contributed by atoms with Crippen LogP contribution in [0, 0.1) is 0 Å². The maximum atomic E-state index is 10.6. The number of rotatable bonds is 5. The number of nitrogens with one attached hydrogen (secondary N) is 1. The van der Waals surface area contributed by atoms with E-state index >= 15 is 0 Å². The summed E-state index contributed by atoms with van der Waals surface area (Å²) in [6, 6.07) is 6.67. The van der Waals surface area contributed by atoms with Gasteiger partial charge in [-0.15, -0.1) is 0 Å². The fraction of sp³-hybridized carbons (Fsp3) is 0.200. The third kappa shape index (κ3) is 3.71. The minimum Gasteiger partial charge on any atom is -0.481 e. The zero-order valence-corrected chi connectivity index (χ0v) is 9.40. The lowest BCUT2D eigenvalue weighted by molar-refractivity contribution is -0.137. The van der Waals surface area contributed by atoms with Crippen molar-refractivity contribution in [3.8, 4) is 0 Å². The van der Waals surface area contributed by atoms with Gasteiger partial charge in [-0.2, -0.15) is 0 Å². The largest absolute Gasteiger partial charge is 0.481 e. The first-order valence-electron chi connectivity index (χ1n) is 4.30. The standard InChI is InChI=1S/C10H10BrNO3/c11-8-3-1-7(2-4-8)9(12-6-13)5-10(14)15/h1-4,6,9H,5H2,(H,12,13)(H,14,15)/t9-/m1/s1. The predicted molar refractivity (Wildman–Crippen MR) is 58.3 cm³/mol. The van der Waals surface area contributed by atoms with Crippen LogP contribution in [0.1, 0.15) is 18.0 Å². The number of amides is 1. The summed E-state index contributed by atoms with van der Waals surface area (Å²) in [5.41, 5.74) is 0.771. The summed E-state index contributed by atoms with van der Waals surface area (Å²) < 4.78 is 0.909. The molecular formula is C10H10BrNO3. The molecule has 0 fully saturated rings. The highest BCUT2D eigenvalue weighted by molar-refractivity contribution is 9.10. The molecule has 0 aliphatic rings. The van der Waals surface area contributed by atoms with E-state index in [1.807, 2.05) is 0 Å². The summed E-state index contributed by atoms with van der Waals surface area (Å²) in [4.78, 5) is 20.9. The molecule has 1 aromatic rings. The molecule has 1 amide bonds. The van der Waals surface area contributed by atoms with Crippen molar-refractivity contribution in [3.63, 3.8) is 0 Å². The first-order valence-corrected chi connectivity index (χ1v) is 5.09. The Morgan fingerprint density at radius 3 is 2.53 bits per heavy atom. The van der Waals surface area contributed by atoms with Gasteiger partial charge < -0.3 is 10.4 Å². The van der Waals surface area contributed by atoms with Crippen LogP contribution < -0.4 is 5.32 Å². The van der Waals surface area contributed by atoms with Crippen molar-refractivity contribution in [1.82, 2.24) is 5.32 Å². The number of carboxylic acid groups (broad SMARTS) is 1. The Morgan fingerprint density at radius 1 is 1.47 bits per heavy atom. The highest BCUT2D eigenvalue weighted by atomic mass is 79.9. The molecule has 0 unspecified atom stereocenters. The predicted octanol–water partition coefficient (Wildman–Crippen LogP) is 1.71. The van der Waals surface area contributed by atoms with Gasteiger partial charge in [-0.25, -0.2) is 0 Å². The van der Waals surface area contributed by atoms with Crippen LogP contribution in [0.25, 0.3) is 0 Å². The Morgan fingerprint density at radius 2 is 2.07 bits per heavy atom. The molecule has 0 aromatic heterocycles. The third-order valence-corrected chi connectivity index (χ3v) is 2.45. The Labute approximate surface area is 95.4 Å². The van der Waals surface area contributed by atoms with Crippen LogP contribution in [0.2, 0.25) is 0 Å².